The van der Waals surface area contributed by atoms with E-state index < -0.39 is 0 Å². The first-order valence-electron chi connectivity index (χ1n) is 11.8. The van der Waals surface area contributed by atoms with Gasteiger partial charge in [0.25, 0.3) is 11.8 Å². The Morgan fingerprint density at radius 1 is 0.800 bits per heavy atom. The molecule has 2 heterocycles. The number of benzene rings is 2. The van der Waals surface area contributed by atoms with Gasteiger partial charge < -0.3 is 10.6 Å². The van der Waals surface area contributed by atoms with Crippen LogP contribution in [0.5, 0.6) is 0 Å². The van der Waals surface area contributed by atoms with Crippen LogP contribution in [-0.2, 0) is 0 Å². The molecule has 4 rings (SSSR count). The molecule has 0 aliphatic rings. The largest absolute Gasteiger partial charge is 0.349 e. The molecule has 2 amide bonds. The van der Waals surface area contributed by atoms with E-state index in [1.54, 1.807) is 21.5 Å². The van der Waals surface area contributed by atoms with E-state index in [2.05, 4.69) is 20.8 Å². The Kier molecular flexibility index (Phi) is 7.40. The topological polar surface area (TPSA) is 93.8 Å². The molecule has 1 atom stereocenters. The molecular weight excluding hydrogens is 440 g/mol. The Balaban J connectivity index is 1.40. The first kappa shape index (κ1) is 23.9. The summed E-state index contributed by atoms with van der Waals surface area (Å²) in [6, 6.07) is 22.7. The number of aromatic nitrogens is 4. The number of carbonyl (C=O) groups excluding carboxylic acids is 2. The molecule has 0 aliphatic heterocycles. The molecule has 2 N–H and O–H groups in total. The molecule has 0 saturated heterocycles. The number of aryl methyl sites for hydroxylation is 2. The highest BCUT2D eigenvalue weighted by Crippen LogP contribution is 2.13. The number of rotatable bonds is 9. The van der Waals surface area contributed by atoms with Crippen LogP contribution in [0.4, 0.5) is 0 Å². The third-order valence-corrected chi connectivity index (χ3v) is 5.72. The molecule has 0 aliphatic carbocycles. The Hall–Kier alpha value is -4.20. The van der Waals surface area contributed by atoms with Crippen molar-refractivity contribution in [2.75, 3.05) is 6.54 Å². The monoisotopic (exact) mass is 470 g/mol. The fourth-order valence-corrected chi connectivity index (χ4v) is 3.97. The van der Waals surface area contributed by atoms with Crippen molar-refractivity contribution in [1.29, 1.82) is 0 Å². The molecule has 8 nitrogen and oxygen atoms in total. The van der Waals surface area contributed by atoms with E-state index in [1.807, 2.05) is 81.4 Å². The molecule has 0 fully saturated rings. The highest BCUT2D eigenvalue weighted by Gasteiger charge is 2.19. The lowest BCUT2D eigenvalue weighted by Crippen LogP contribution is -2.43. The molecule has 0 radical (unpaired) electrons. The summed E-state index contributed by atoms with van der Waals surface area (Å²) in [5, 5.41) is 14.9. The predicted octanol–water partition coefficient (Wildman–Crippen LogP) is 4.00. The van der Waals surface area contributed by atoms with Crippen molar-refractivity contribution in [2.24, 2.45) is 0 Å². The first-order chi connectivity index (χ1) is 17.0. The van der Waals surface area contributed by atoms with Crippen LogP contribution in [0.2, 0.25) is 0 Å². The number of hydrogen-bond acceptors (Lipinski definition) is 4. The van der Waals surface area contributed by atoms with Gasteiger partial charge in [-0.1, -0.05) is 49.7 Å². The van der Waals surface area contributed by atoms with E-state index in [0.717, 1.165) is 35.6 Å². The van der Waals surface area contributed by atoms with Gasteiger partial charge in [-0.05, 0) is 56.7 Å². The lowest BCUT2D eigenvalue weighted by Gasteiger charge is -2.18. The fraction of sp³-hybridized carbons (Fsp3) is 0.259. The summed E-state index contributed by atoms with van der Waals surface area (Å²) in [7, 11) is 0. The normalized spacial score (nSPS) is 11.7. The van der Waals surface area contributed by atoms with Gasteiger partial charge in [0.2, 0.25) is 0 Å². The van der Waals surface area contributed by atoms with E-state index in [1.165, 1.54) is 0 Å². The summed E-state index contributed by atoms with van der Waals surface area (Å²) in [5.74, 6) is -0.540. The Labute approximate surface area is 205 Å². The van der Waals surface area contributed by atoms with E-state index in [0.29, 0.717) is 17.9 Å². The predicted molar refractivity (Wildman–Crippen MR) is 135 cm³/mol. The van der Waals surface area contributed by atoms with Crippen LogP contribution < -0.4 is 10.6 Å². The molecule has 2 aromatic carbocycles. The molecule has 8 heteroatoms. The number of nitrogens with one attached hydrogen (secondary N) is 2. The minimum atomic E-state index is -0.276. The van der Waals surface area contributed by atoms with Crippen molar-refractivity contribution in [3.63, 3.8) is 0 Å². The van der Waals surface area contributed by atoms with Crippen LogP contribution in [0.15, 0.2) is 72.8 Å². The second kappa shape index (κ2) is 10.8. The van der Waals surface area contributed by atoms with E-state index in [9.17, 15) is 9.59 Å². The van der Waals surface area contributed by atoms with Crippen LogP contribution in [0.1, 0.15) is 52.1 Å². The van der Waals surface area contributed by atoms with Crippen molar-refractivity contribution in [2.45, 2.75) is 39.7 Å². The minimum absolute atomic E-state index is 0.226. The number of hydrogen-bond donors (Lipinski definition) is 2. The SMILES string of the molecule is CCCC(CNC(=O)c1cc(C)n(-c2ccccc2)n1)NC(=O)c1cc(C)n(-c2ccccc2)n1. The smallest absolute Gasteiger partial charge is 0.272 e. The summed E-state index contributed by atoms with van der Waals surface area (Å²) < 4.78 is 3.49. The quantitative estimate of drug-likeness (QED) is 0.387. The lowest BCUT2D eigenvalue weighted by molar-refractivity contribution is 0.0901. The molecule has 2 aromatic heterocycles. The number of amides is 2. The molecule has 180 valence electrons. The van der Waals surface area contributed by atoms with Crippen LogP contribution >= 0.6 is 0 Å². The van der Waals surface area contributed by atoms with Crippen LogP contribution in [0, 0.1) is 13.8 Å². The zero-order chi connectivity index (χ0) is 24.8. The van der Waals surface area contributed by atoms with Crippen molar-refractivity contribution in [3.8, 4) is 11.4 Å². The molecule has 0 bridgehead atoms. The maximum absolute atomic E-state index is 12.9. The maximum Gasteiger partial charge on any atom is 0.272 e. The Morgan fingerprint density at radius 3 is 1.77 bits per heavy atom. The number of carbonyl (C=O) groups is 2. The zero-order valence-electron chi connectivity index (χ0n) is 20.2. The third kappa shape index (κ3) is 5.66. The highest BCUT2D eigenvalue weighted by atomic mass is 16.2. The van der Waals surface area contributed by atoms with E-state index >= 15 is 0 Å². The third-order valence-electron chi connectivity index (χ3n) is 5.72. The van der Waals surface area contributed by atoms with Crippen molar-refractivity contribution in [3.05, 3.63) is 95.6 Å². The van der Waals surface area contributed by atoms with Gasteiger partial charge in [-0.2, -0.15) is 10.2 Å². The van der Waals surface area contributed by atoms with Gasteiger partial charge in [-0.25, -0.2) is 9.36 Å². The van der Waals surface area contributed by atoms with Crippen LogP contribution in [-0.4, -0.2) is 44.0 Å². The molecule has 0 spiro atoms. The second-order valence-electron chi connectivity index (χ2n) is 8.51. The highest BCUT2D eigenvalue weighted by molar-refractivity contribution is 5.93. The van der Waals surface area contributed by atoms with Gasteiger partial charge in [-0.3, -0.25) is 9.59 Å². The van der Waals surface area contributed by atoms with Gasteiger partial charge in [0.05, 0.1) is 11.4 Å². The molecule has 0 saturated carbocycles. The number of nitrogens with zero attached hydrogens (tertiary/aromatic N) is 4. The summed E-state index contributed by atoms with van der Waals surface area (Å²) in [4.78, 5) is 25.7. The first-order valence-corrected chi connectivity index (χ1v) is 11.8. The van der Waals surface area contributed by atoms with E-state index in [4.69, 9.17) is 0 Å². The molecular formula is C27H30N6O2. The van der Waals surface area contributed by atoms with Crippen LogP contribution in [0.3, 0.4) is 0 Å². The van der Waals surface area contributed by atoms with Gasteiger partial charge >= 0.3 is 0 Å². The standard InChI is InChI=1S/C27H30N6O2/c1-4-11-21(29-27(35)25-17-20(3)33(31-25)23-14-9-6-10-15-23)18-28-26(34)24-16-19(2)32(30-24)22-12-7-5-8-13-22/h5-10,12-17,21H,4,11,18H2,1-3H3,(H,28,34)(H,29,35). The van der Waals surface area contributed by atoms with Gasteiger partial charge in [0.1, 0.15) is 0 Å². The summed E-state index contributed by atoms with van der Waals surface area (Å²) in [6.45, 7) is 6.17. The fourth-order valence-electron chi connectivity index (χ4n) is 3.97. The average molecular weight is 471 g/mol. The molecule has 35 heavy (non-hydrogen) atoms. The van der Waals surface area contributed by atoms with Crippen LogP contribution in [0.25, 0.3) is 11.4 Å². The molecule has 1 unspecified atom stereocenters. The Bertz CT molecular complexity index is 1290. The Morgan fingerprint density at radius 2 is 1.29 bits per heavy atom. The summed E-state index contributed by atoms with van der Waals surface area (Å²) >= 11 is 0. The van der Waals surface area contributed by atoms with Gasteiger partial charge in [0.15, 0.2) is 11.4 Å². The van der Waals surface area contributed by atoms with Crippen molar-refractivity contribution in [1.82, 2.24) is 30.2 Å². The van der Waals surface area contributed by atoms with Gasteiger partial charge in [-0.15, -0.1) is 0 Å². The average Bonchev–Trinajstić information content (AvgIpc) is 3.46. The van der Waals surface area contributed by atoms with E-state index in [-0.39, 0.29) is 17.9 Å². The van der Waals surface area contributed by atoms with Crippen molar-refractivity contribution >= 4 is 11.8 Å². The summed E-state index contributed by atoms with van der Waals surface area (Å²) in [6.07, 6.45) is 1.59. The van der Waals surface area contributed by atoms with Crippen molar-refractivity contribution < 1.29 is 9.59 Å². The molecule has 4 aromatic rings. The zero-order valence-corrected chi connectivity index (χ0v) is 20.2. The second-order valence-corrected chi connectivity index (χ2v) is 8.51. The minimum Gasteiger partial charge on any atom is -0.349 e. The van der Waals surface area contributed by atoms with Gasteiger partial charge in [0, 0.05) is 24.0 Å². The maximum atomic E-state index is 12.9. The summed E-state index contributed by atoms with van der Waals surface area (Å²) in [5.41, 5.74) is 4.20. The lowest BCUT2D eigenvalue weighted by atomic mass is 10.1. The number of para-hydroxylation sites is 2.